The first-order chi connectivity index (χ1) is 3.72. The maximum atomic E-state index is 3.80. The quantitative estimate of drug-likeness (QED) is 0.448. The number of allylic oxidation sites excluding steroid dienone is 1. The summed E-state index contributed by atoms with van der Waals surface area (Å²) in [7, 11) is 0. The summed E-state index contributed by atoms with van der Waals surface area (Å²) in [5.41, 5.74) is 2.83. The highest BCUT2D eigenvalue weighted by atomic mass is 15.2. The molecule has 0 aliphatic carbocycles. The van der Waals surface area contributed by atoms with Crippen molar-refractivity contribution >= 4 is 11.4 Å². The average Bonchev–Trinajstić information content (AvgIpc) is 1.98. The summed E-state index contributed by atoms with van der Waals surface area (Å²) in [6.45, 7) is 7.56. The highest BCUT2D eigenvalue weighted by Crippen LogP contribution is 2.05. The fraction of sp³-hybridized carbons (Fsp3) is 0.333. The van der Waals surface area contributed by atoms with Crippen LogP contribution in [0.15, 0.2) is 22.4 Å². The monoisotopic (exact) mass is 108 g/mol. The molecule has 1 rings (SSSR count). The van der Waals surface area contributed by atoms with E-state index in [2.05, 4.69) is 16.8 Å². The van der Waals surface area contributed by atoms with Gasteiger partial charge in [-0.1, -0.05) is 6.58 Å². The molecule has 42 valence electrons. The minimum absolute atomic E-state index is 0.933. The van der Waals surface area contributed by atoms with Gasteiger partial charge in [0.25, 0.3) is 0 Å². The van der Waals surface area contributed by atoms with Gasteiger partial charge in [0.1, 0.15) is 0 Å². The normalized spacial score (nSPS) is 18.5. The van der Waals surface area contributed by atoms with Crippen LogP contribution >= 0.6 is 0 Å². The molecule has 0 amide bonds. The largest absolute Gasteiger partial charge is 0.155 e. The number of hydrogen-bond donors (Lipinski definition) is 0. The fourth-order valence-corrected chi connectivity index (χ4v) is 0.533. The third-order valence-corrected chi connectivity index (χ3v) is 1.22. The zero-order chi connectivity index (χ0) is 6.15. The maximum absolute atomic E-state index is 3.80. The summed E-state index contributed by atoms with van der Waals surface area (Å²) >= 11 is 0. The van der Waals surface area contributed by atoms with Crippen molar-refractivity contribution in [2.45, 2.75) is 13.8 Å². The molecule has 0 saturated carbocycles. The first-order valence-electron chi connectivity index (χ1n) is 2.50. The fourth-order valence-electron chi connectivity index (χ4n) is 0.533. The van der Waals surface area contributed by atoms with Crippen LogP contribution in [0.25, 0.3) is 0 Å². The zero-order valence-electron chi connectivity index (χ0n) is 5.10. The van der Waals surface area contributed by atoms with E-state index in [1.807, 2.05) is 13.8 Å². The van der Waals surface area contributed by atoms with Crippen LogP contribution in [0.3, 0.4) is 0 Å². The predicted octanol–water partition coefficient (Wildman–Crippen LogP) is 1.39. The van der Waals surface area contributed by atoms with Crippen LogP contribution in [0.1, 0.15) is 13.8 Å². The summed E-state index contributed by atoms with van der Waals surface area (Å²) in [5, 5.41) is 7.61. The van der Waals surface area contributed by atoms with Crippen LogP contribution in [0.4, 0.5) is 0 Å². The molecule has 0 bridgehead atoms. The van der Waals surface area contributed by atoms with Gasteiger partial charge in [0.05, 0.1) is 11.4 Å². The van der Waals surface area contributed by atoms with Crippen LogP contribution in [-0.2, 0) is 0 Å². The molecule has 0 aromatic heterocycles. The Hall–Kier alpha value is -0.920. The zero-order valence-corrected chi connectivity index (χ0v) is 5.10. The Morgan fingerprint density at radius 2 is 1.50 bits per heavy atom. The van der Waals surface area contributed by atoms with Gasteiger partial charge in [-0.05, 0) is 13.8 Å². The molecule has 0 atom stereocenters. The van der Waals surface area contributed by atoms with Gasteiger partial charge in [-0.3, -0.25) is 0 Å². The summed E-state index contributed by atoms with van der Waals surface area (Å²) in [5.74, 6) is 0. The van der Waals surface area contributed by atoms with Gasteiger partial charge in [-0.15, -0.1) is 0 Å². The van der Waals surface area contributed by atoms with Crippen LogP contribution in [0, 0.1) is 0 Å². The van der Waals surface area contributed by atoms with Crippen molar-refractivity contribution < 1.29 is 0 Å². The first-order valence-corrected chi connectivity index (χ1v) is 2.50. The van der Waals surface area contributed by atoms with Crippen molar-refractivity contribution in [2.24, 2.45) is 10.2 Å². The molecule has 2 nitrogen and oxygen atoms in total. The molecular formula is C6H8N2. The van der Waals surface area contributed by atoms with Gasteiger partial charge in [-0.25, -0.2) is 0 Å². The third-order valence-electron chi connectivity index (χ3n) is 1.22. The Balaban J connectivity index is 2.92. The smallest absolute Gasteiger partial charge is 0.0684 e. The second-order valence-electron chi connectivity index (χ2n) is 1.85. The molecule has 1 aliphatic rings. The topological polar surface area (TPSA) is 24.7 Å². The number of nitrogens with zero attached hydrogens (tertiary/aromatic N) is 2. The van der Waals surface area contributed by atoms with E-state index in [0.29, 0.717) is 0 Å². The van der Waals surface area contributed by atoms with Crippen molar-refractivity contribution in [3.8, 4) is 0 Å². The maximum Gasteiger partial charge on any atom is 0.0684 e. The van der Waals surface area contributed by atoms with Crippen molar-refractivity contribution in [3.05, 3.63) is 12.2 Å². The first kappa shape index (κ1) is 5.22. The Labute approximate surface area is 48.6 Å². The Kier molecular flexibility index (Phi) is 1.01. The Morgan fingerprint density at radius 1 is 1.12 bits per heavy atom. The van der Waals surface area contributed by atoms with E-state index >= 15 is 0 Å². The summed E-state index contributed by atoms with van der Waals surface area (Å²) in [6, 6.07) is 0. The molecule has 0 saturated heterocycles. The van der Waals surface area contributed by atoms with Crippen LogP contribution in [-0.4, -0.2) is 11.4 Å². The number of rotatable bonds is 0. The van der Waals surface area contributed by atoms with E-state index in [1.165, 1.54) is 0 Å². The molecule has 0 radical (unpaired) electrons. The van der Waals surface area contributed by atoms with Gasteiger partial charge in [-0.2, -0.15) is 10.2 Å². The van der Waals surface area contributed by atoms with Crippen LogP contribution < -0.4 is 0 Å². The molecule has 1 heterocycles. The molecule has 0 aromatic carbocycles. The molecule has 2 heteroatoms. The van der Waals surface area contributed by atoms with E-state index in [1.54, 1.807) is 0 Å². The molecule has 8 heavy (non-hydrogen) atoms. The molecule has 0 spiro atoms. The number of hydrogen-bond acceptors (Lipinski definition) is 2. The average molecular weight is 108 g/mol. The van der Waals surface area contributed by atoms with Crippen molar-refractivity contribution in [1.29, 1.82) is 0 Å². The van der Waals surface area contributed by atoms with Crippen molar-refractivity contribution in [2.75, 3.05) is 0 Å². The lowest BCUT2D eigenvalue weighted by Crippen LogP contribution is -1.97. The lowest BCUT2D eigenvalue weighted by atomic mass is 10.1. The van der Waals surface area contributed by atoms with E-state index in [0.717, 1.165) is 17.0 Å². The van der Waals surface area contributed by atoms with E-state index in [-0.39, 0.29) is 0 Å². The summed E-state index contributed by atoms with van der Waals surface area (Å²) in [4.78, 5) is 0. The van der Waals surface area contributed by atoms with E-state index < -0.39 is 0 Å². The minimum atomic E-state index is 0.933. The Bertz CT molecular complexity index is 167. The second-order valence-corrected chi connectivity index (χ2v) is 1.85. The highest BCUT2D eigenvalue weighted by molar-refractivity contribution is 6.24. The molecule has 0 N–H and O–H groups in total. The summed E-state index contributed by atoms with van der Waals surface area (Å²) < 4.78 is 0. The standard InChI is InChI=1S/C6H8N2/c1-4-5(2)7-8-6(4)3/h1H2,2-3H3. The predicted molar refractivity (Wildman–Crippen MR) is 35.4 cm³/mol. The second kappa shape index (κ2) is 1.54. The Morgan fingerprint density at radius 3 is 1.62 bits per heavy atom. The third kappa shape index (κ3) is 0.579. The van der Waals surface area contributed by atoms with Gasteiger partial charge < -0.3 is 0 Å². The van der Waals surface area contributed by atoms with Crippen LogP contribution in [0.5, 0.6) is 0 Å². The molecule has 0 unspecified atom stereocenters. The molecule has 0 fully saturated rings. The van der Waals surface area contributed by atoms with Gasteiger partial charge in [0.2, 0.25) is 0 Å². The van der Waals surface area contributed by atoms with E-state index in [4.69, 9.17) is 0 Å². The highest BCUT2D eigenvalue weighted by Gasteiger charge is 2.07. The van der Waals surface area contributed by atoms with Crippen LogP contribution in [0.2, 0.25) is 0 Å². The molecule has 1 aliphatic heterocycles. The van der Waals surface area contributed by atoms with Gasteiger partial charge >= 0.3 is 0 Å². The summed E-state index contributed by atoms with van der Waals surface area (Å²) in [6.07, 6.45) is 0. The van der Waals surface area contributed by atoms with Crippen molar-refractivity contribution in [1.82, 2.24) is 0 Å². The SMILES string of the molecule is C=C1C(C)=NN=C1C. The molecule has 0 aromatic rings. The van der Waals surface area contributed by atoms with Gasteiger partial charge in [0.15, 0.2) is 0 Å². The van der Waals surface area contributed by atoms with Crippen molar-refractivity contribution in [3.63, 3.8) is 0 Å². The lowest BCUT2D eigenvalue weighted by Gasteiger charge is -1.88. The molecular weight excluding hydrogens is 100 g/mol. The minimum Gasteiger partial charge on any atom is -0.155 e. The van der Waals surface area contributed by atoms with E-state index in [9.17, 15) is 0 Å². The lowest BCUT2D eigenvalue weighted by molar-refractivity contribution is 1.26. The van der Waals surface area contributed by atoms with Gasteiger partial charge in [0, 0.05) is 5.57 Å².